The molecule has 1 atom stereocenters. The Morgan fingerprint density at radius 1 is 1.37 bits per heavy atom. The van der Waals surface area contributed by atoms with Gasteiger partial charge in [-0.25, -0.2) is 18.1 Å². The van der Waals surface area contributed by atoms with Crippen LogP contribution in [0.2, 0.25) is 0 Å². The van der Waals surface area contributed by atoms with Crippen LogP contribution in [0.4, 0.5) is 0 Å². The maximum Gasteiger partial charge on any atom is 0.213 e. The molecule has 1 heterocycles. The van der Waals surface area contributed by atoms with Gasteiger partial charge in [-0.15, -0.1) is 11.3 Å². The zero-order valence-corrected chi connectivity index (χ0v) is 13.6. The number of nitrogens with one attached hydrogen (secondary N) is 2. The average molecular weight is 305 g/mol. The third-order valence-electron chi connectivity index (χ3n) is 2.57. The Hall–Kier alpha value is -0.500. The normalized spacial score (nSPS) is 13.9. The van der Waals surface area contributed by atoms with Crippen molar-refractivity contribution >= 4 is 21.4 Å². The highest BCUT2D eigenvalue weighted by atomic mass is 32.2. The first-order chi connectivity index (χ1) is 8.84. The lowest BCUT2D eigenvalue weighted by Gasteiger charge is -2.13. The summed E-state index contributed by atoms with van der Waals surface area (Å²) in [6.45, 7) is 8.32. The molecule has 1 aromatic heterocycles. The summed E-state index contributed by atoms with van der Waals surface area (Å²) in [5.41, 5.74) is 0. The molecular formula is C12H23N3O2S2. The second-order valence-corrected chi connectivity index (χ2v) is 7.81. The van der Waals surface area contributed by atoms with Gasteiger partial charge in [0.15, 0.2) is 0 Å². The topological polar surface area (TPSA) is 71.1 Å². The van der Waals surface area contributed by atoms with Crippen LogP contribution in [0, 0.1) is 0 Å². The maximum absolute atomic E-state index is 11.9. The van der Waals surface area contributed by atoms with Crippen molar-refractivity contribution < 1.29 is 8.42 Å². The van der Waals surface area contributed by atoms with Crippen LogP contribution < -0.4 is 10.0 Å². The number of hydrogen-bond acceptors (Lipinski definition) is 5. The smallest absolute Gasteiger partial charge is 0.213 e. The minimum absolute atomic E-state index is 0.0849. The molecule has 7 heteroatoms. The molecule has 0 aliphatic heterocycles. The van der Waals surface area contributed by atoms with Gasteiger partial charge in [0.25, 0.3) is 0 Å². The minimum Gasteiger partial charge on any atom is -0.313 e. The molecule has 1 rings (SSSR count). The van der Waals surface area contributed by atoms with E-state index < -0.39 is 10.0 Å². The van der Waals surface area contributed by atoms with Crippen molar-refractivity contribution in [3.63, 3.8) is 0 Å². The van der Waals surface area contributed by atoms with E-state index in [9.17, 15) is 8.42 Å². The molecule has 1 aromatic rings. The van der Waals surface area contributed by atoms with Crippen molar-refractivity contribution in [1.82, 2.24) is 15.0 Å². The number of nitrogens with zero attached hydrogens (tertiary/aromatic N) is 1. The first kappa shape index (κ1) is 16.6. The van der Waals surface area contributed by atoms with Gasteiger partial charge in [-0.2, -0.15) is 0 Å². The van der Waals surface area contributed by atoms with E-state index in [2.05, 4.69) is 21.9 Å². The molecule has 110 valence electrons. The summed E-state index contributed by atoms with van der Waals surface area (Å²) in [6.07, 6.45) is 2.74. The molecule has 0 aromatic carbocycles. The van der Waals surface area contributed by atoms with Crippen LogP contribution in [0.15, 0.2) is 6.20 Å². The molecule has 2 N–H and O–H groups in total. The van der Waals surface area contributed by atoms with Crippen LogP contribution >= 0.6 is 11.3 Å². The summed E-state index contributed by atoms with van der Waals surface area (Å²) in [5, 5.41) is 3.91. The molecule has 0 radical (unpaired) electrons. The van der Waals surface area contributed by atoms with Gasteiger partial charge in [0.2, 0.25) is 10.0 Å². The van der Waals surface area contributed by atoms with E-state index in [-0.39, 0.29) is 11.8 Å². The van der Waals surface area contributed by atoms with Gasteiger partial charge in [0.1, 0.15) is 5.01 Å². The second-order valence-electron chi connectivity index (χ2n) is 4.79. The third-order valence-corrected chi connectivity index (χ3v) is 5.35. The molecule has 0 bridgehead atoms. The van der Waals surface area contributed by atoms with E-state index in [4.69, 9.17) is 0 Å². The summed E-state index contributed by atoms with van der Waals surface area (Å²) < 4.78 is 26.5. The molecule has 0 saturated carbocycles. The van der Waals surface area contributed by atoms with Crippen LogP contribution in [0.3, 0.4) is 0 Å². The van der Waals surface area contributed by atoms with Gasteiger partial charge in [-0.05, 0) is 13.3 Å². The highest BCUT2D eigenvalue weighted by molar-refractivity contribution is 7.89. The zero-order valence-electron chi connectivity index (χ0n) is 11.9. The highest BCUT2D eigenvalue weighted by Gasteiger charge is 2.18. The Morgan fingerprint density at radius 3 is 2.58 bits per heavy atom. The van der Waals surface area contributed by atoms with E-state index in [1.54, 1.807) is 11.3 Å². The van der Waals surface area contributed by atoms with E-state index in [0.717, 1.165) is 11.4 Å². The largest absolute Gasteiger partial charge is 0.313 e. The van der Waals surface area contributed by atoms with Crippen LogP contribution in [-0.2, 0) is 16.4 Å². The number of aryl methyl sites for hydroxylation is 1. The van der Waals surface area contributed by atoms with Gasteiger partial charge >= 0.3 is 0 Å². The fourth-order valence-corrected chi connectivity index (χ4v) is 3.64. The van der Waals surface area contributed by atoms with Crippen LogP contribution in [0.1, 0.15) is 43.6 Å². The van der Waals surface area contributed by atoms with E-state index in [0.29, 0.717) is 12.6 Å². The van der Waals surface area contributed by atoms with E-state index in [1.165, 1.54) is 4.88 Å². The van der Waals surface area contributed by atoms with Crippen molar-refractivity contribution in [2.45, 2.75) is 46.2 Å². The standard InChI is InChI=1S/C12H23N3O2S2/c1-5-11-8-14-12(18-11)10(4)15-19(16,17)7-6-13-9(2)3/h8-10,13,15H,5-7H2,1-4H3. The van der Waals surface area contributed by atoms with Crippen molar-refractivity contribution in [3.8, 4) is 0 Å². The van der Waals surface area contributed by atoms with E-state index in [1.807, 2.05) is 27.0 Å². The summed E-state index contributed by atoms with van der Waals surface area (Å²) in [4.78, 5) is 5.42. The Labute approximate surface area is 119 Å². The van der Waals surface area contributed by atoms with Gasteiger partial charge in [-0.3, -0.25) is 0 Å². The Morgan fingerprint density at radius 2 is 2.05 bits per heavy atom. The quantitative estimate of drug-likeness (QED) is 0.766. The summed E-state index contributed by atoms with van der Waals surface area (Å²) >= 11 is 1.56. The van der Waals surface area contributed by atoms with E-state index >= 15 is 0 Å². The average Bonchev–Trinajstić information content (AvgIpc) is 2.75. The van der Waals surface area contributed by atoms with Crippen molar-refractivity contribution in [3.05, 3.63) is 16.1 Å². The highest BCUT2D eigenvalue weighted by Crippen LogP contribution is 2.20. The molecule has 5 nitrogen and oxygen atoms in total. The first-order valence-electron chi connectivity index (χ1n) is 6.52. The summed E-state index contributed by atoms with van der Waals surface area (Å²) in [7, 11) is -3.27. The second kappa shape index (κ2) is 7.33. The molecule has 0 aliphatic carbocycles. The molecule has 0 amide bonds. The van der Waals surface area contributed by atoms with Gasteiger partial charge in [0, 0.05) is 23.7 Å². The zero-order chi connectivity index (χ0) is 14.5. The molecule has 1 unspecified atom stereocenters. The summed E-state index contributed by atoms with van der Waals surface area (Å²) in [5.74, 6) is 0.0849. The first-order valence-corrected chi connectivity index (χ1v) is 8.99. The fraction of sp³-hybridized carbons (Fsp3) is 0.750. The predicted molar refractivity (Wildman–Crippen MR) is 80.0 cm³/mol. The van der Waals surface area contributed by atoms with Gasteiger partial charge in [-0.1, -0.05) is 20.8 Å². The molecule has 0 fully saturated rings. The van der Waals surface area contributed by atoms with Crippen LogP contribution in [-0.4, -0.2) is 31.7 Å². The number of thiazole rings is 1. The lowest BCUT2D eigenvalue weighted by molar-refractivity contribution is 0.555. The SMILES string of the molecule is CCc1cnc(C(C)NS(=O)(=O)CCNC(C)C)s1. The Kier molecular flexibility index (Phi) is 6.38. The van der Waals surface area contributed by atoms with Crippen LogP contribution in [0.5, 0.6) is 0 Å². The molecular weight excluding hydrogens is 282 g/mol. The lowest BCUT2D eigenvalue weighted by Crippen LogP contribution is -2.35. The Bertz CT molecular complexity index is 483. The third kappa shape index (κ3) is 5.99. The number of sulfonamides is 1. The predicted octanol–water partition coefficient (Wildman–Crippen LogP) is 1.68. The number of rotatable bonds is 8. The van der Waals surface area contributed by atoms with Crippen molar-refractivity contribution in [2.24, 2.45) is 0 Å². The monoisotopic (exact) mass is 305 g/mol. The Balaban J connectivity index is 2.52. The van der Waals surface area contributed by atoms with Gasteiger partial charge < -0.3 is 5.32 Å². The number of aromatic nitrogens is 1. The molecule has 0 spiro atoms. The van der Waals surface area contributed by atoms with Crippen molar-refractivity contribution in [2.75, 3.05) is 12.3 Å². The molecule has 19 heavy (non-hydrogen) atoms. The molecule has 0 aliphatic rings. The summed E-state index contributed by atoms with van der Waals surface area (Å²) in [6, 6.07) is 0.0213. The fourth-order valence-electron chi connectivity index (χ4n) is 1.55. The van der Waals surface area contributed by atoms with Crippen LogP contribution in [0.25, 0.3) is 0 Å². The minimum atomic E-state index is -3.27. The maximum atomic E-state index is 11.9. The number of hydrogen-bond donors (Lipinski definition) is 2. The van der Waals surface area contributed by atoms with Crippen molar-refractivity contribution in [1.29, 1.82) is 0 Å². The lowest BCUT2D eigenvalue weighted by atomic mass is 10.4. The molecule has 0 saturated heterocycles. The van der Waals surface area contributed by atoms with Gasteiger partial charge in [0.05, 0.1) is 11.8 Å².